The van der Waals surface area contributed by atoms with Crippen LogP contribution in [0.2, 0.25) is 0 Å². The predicted molar refractivity (Wildman–Crippen MR) is 105 cm³/mol. The third-order valence-electron chi connectivity index (χ3n) is 5.50. The van der Waals surface area contributed by atoms with Gasteiger partial charge in [0.15, 0.2) is 0 Å². The number of nitrogens with one attached hydrogen (secondary N) is 2. The predicted octanol–water partition coefficient (Wildman–Crippen LogP) is 2.08. The maximum Gasteiger partial charge on any atom is 0.255 e. The number of hydrogen-bond acceptors (Lipinski definition) is 4. The van der Waals surface area contributed by atoms with Crippen molar-refractivity contribution in [3.8, 4) is 0 Å². The number of imide groups is 1. The van der Waals surface area contributed by atoms with Crippen LogP contribution in [0.4, 0.5) is 4.39 Å². The lowest BCUT2D eigenvalue weighted by Crippen LogP contribution is -2.52. The summed E-state index contributed by atoms with van der Waals surface area (Å²) < 4.78 is 13.1. The van der Waals surface area contributed by atoms with Gasteiger partial charge >= 0.3 is 0 Å². The molecule has 8 heteroatoms. The fourth-order valence-corrected chi connectivity index (χ4v) is 3.83. The fourth-order valence-electron chi connectivity index (χ4n) is 3.83. The molecule has 2 aromatic rings. The van der Waals surface area contributed by atoms with Gasteiger partial charge in [0.05, 0.1) is 6.04 Å². The summed E-state index contributed by atoms with van der Waals surface area (Å²) in [7, 11) is 0. The van der Waals surface area contributed by atoms with Gasteiger partial charge in [-0.15, -0.1) is 0 Å². The molecule has 2 atom stereocenters. The van der Waals surface area contributed by atoms with Crippen LogP contribution in [-0.2, 0) is 16.1 Å². The number of nitrogens with zero attached hydrogens (tertiary/aromatic N) is 1. The molecule has 4 amide bonds. The van der Waals surface area contributed by atoms with Crippen molar-refractivity contribution in [3.63, 3.8) is 0 Å². The van der Waals surface area contributed by atoms with Crippen molar-refractivity contribution in [1.82, 2.24) is 15.5 Å². The van der Waals surface area contributed by atoms with Gasteiger partial charge in [-0.25, -0.2) is 4.39 Å². The summed E-state index contributed by atoms with van der Waals surface area (Å²) in [5, 5.41) is 5.12. The minimum absolute atomic E-state index is 0.186. The van der Waals surface area contributed by atoms with Gasteiger partial charge in [0, 0.05) is 24.1 Å². The van der Waals surface area contributed by atoms with Crippen LogP contribution in [0.3, 0.4) is 0 Å². The van der Waals surface area contributed by atoms with Crippen LogP contribution in [0.1, 0.15) is 57.7 Å². The molecule has 2 N–H and O–H groups in total. The van der Waals surface area contributed by atoms with E-state index in [-0.39, 0.29) is 49.0 Å². The lowest BCUT2D eigenvalue weighted by Gasteiger charge is -2.29. The number of carbonyl (C=O) groups is 4. The van der Waals surface area contributed by atoms with E-state index < -0.39 is 11.9 Å². The standard InChI is InChI=1S/C22H20FN3O4/c1-12(13-2-5-16(23)6-3-13)24-20(28)14-4-7-17-15(10-14)11-26(22(17)30)18-8-9-19(27)25-21(18)29/h2-7,10,12,18H,8-9,11H2,1H3,(H,24,28)(H,25,27,29). The lowest BCUT2D eigenvalue weighted by molar-refractivity contribution is -0.136. The fraction of sp³-hybridized carbons (Fsp3) is 0.273. The molecule has 1 saturated heterocycles. The normalized spacial score (nSPS) is 19.3. The minimum Gasteiger partial charge on any atom is -0.346 e. The van der Waals surface area contributed by atoms with Gasteiger partial charge in [-0.05, 0) is 54.8 Å². The summed E-state index contributed by atoms with van der Waals surface area (Å²) in [6, 6.07) is 9.67. The highest BCUT2D eigenvalue weighted by molar-refractivity contribution is 6.06. The second kappa shape index (κ2) is 7.70. The Hall–Kier alpha value is -3.55. The van der Waals surface area contributed by atoms with E-state index in [4.69, 9.17) is 0 Å². The third-order valence-corrected chi connectivity index (χ3v) is 5.50. The van der Waals surface area contributed by atoms with Crippen molar-refractivity contribution in [2.24, 2.45) is 0 Å². The van der Waals surface area contributed by atoms with Crippen LogP contribution >= 0.6 is 0 Å². The maximum atomic E-state index is 13.1. The van der Waals surface area contributed by atoms with E-state index in [1.807, 2.05) is 0 Å². The number of carbonyl (C=O) groups excluding carboxylic acids is 4. The third kappa shape index (κ3) is 3.68. The number of rotatable bonds is 4. The van der Waals surface area contributed by atoms with Gasteiger partial charge in [-0.3, -0.25) is 24.5 Å². The summed E-state index contributed by atoms with van der Waals surface area (Å²) in [5.41, 5.74) is 2.26. The molecule has 0 aliphatic carbocycles. The second-order valence-electron chi connectivity index (χ2n) is 7.52. The molecule has 1 fully saturated rings. The van der Waals surface area contributed by atoms with E-state index in [0.717, 1.165) is 5.56 Å². The molecular formula is C22H20FN3O4. The van der Waals surface area contributed by atoms with E-state index in [0.29, 0.717) is 16.7 Å². The molecule has 0 bridgehead atoms. The zero-order valence-electron chi connectivity index (χ0n) is 16.3. The Morgan fingerprint density at radius 1 is 1.17 bits per heavy atom. The first-order valence-electron chi connectivity index (χ1n) is 9.67. The Bertz CT molecular complexity index is 1050. The Labute approximate surface area is 172 Å². The Balaban J connectivity index is 1.48. The number of benzene rings is 2. The molecule has 0 spiro atoms. The zero-order valence-corrected chi connectivity index (χ0v) is 16.3. The van der Waals surface area contributed by atoms with Crippen molar-refractivity contribution in [2.75, 3.05) is 0 Å². The van der Waals surface area contributed by atoms with E-state index in [2.05, 4.69) is 10.6 Å². The summed E-state index contributed by atoms with van der Waals surface area (Å²) in [4.78, 5) is 50.3. The van der Waals surface area contributed by atoms with Crippen LogP contribution in [0.25, 0.3) is 0 Å². The first kappa shape index (κ1) is 19.8. The Kier molecular flexibility index (Phi) is 5.07. The van der Waals surface area contributed by atoms with Gasteiger partial charge < -0.3 is 10.2 Å². The van der Waals surface area contributed by atoms with Crippen molar-refractivity contribution < 1.29 is 23.6 Å². The highest BCUT2D eigenvalue weighted by atomic mass is 19.1. The van der Waals surface area contributed by atoms with Crippen LogP contribution in [-0.4, -0.2) is 34.6 Å². The van der Waals surface area contributed by atoms with Crippen molar-refractivity contribution in [1.29, 1.82) is 0 Å². The molecule has 4 rings (SSSR count). The number of piperidine rings is 1. The maximum absolute atomic E-state index is 13.1. The molecule has 0 radical (unpaired) electrons. The van der Waals surface area contributed by atoms with E-state index in [1.54, 1.807) is 37.3 Å². The van der Waals surface area contributed by atoms with Gasteiger partial charge in [-0.2, -0.15) is 0 Å². The molecule has 2 aliphatic rings. The summed E-state index contributed by atoms with van der Waals surface area (Å²) in [6.45, 7) is 2.00. The monoisotopic (exact) mass is 409 g/mol. The summed E-state index contributed by atoms with van der Waals surface area (Å²) in [5.74, 6) is -1.76. The highest BCUT2D eigenvalue weighted by Gasteiger charge is 2.39. The van der Waals surface area contributed by atoms with Crippen molar-refractivity contribution >= 4 is 23.6 Å². The summed E-state index contributed by atoms with van der Waals surface area (Å²) >= 11 is 0. The number of fused-ring (bicyclic) bond motifs is 1. The first-order valence-corrected chi connectivity index (χ1v) is 9.67. The van der Waals surface area contributed by atoms with Gasteiger partial charge in [0.1, 0.15) is 11.9 Å². The van der Waals surface area contributed by atoms with Crippen LogP contribution in [0.5, 0.6) is 0 Å². The smallest absolute Gasteiger partial charge is 0.255 e. The van der Waals surface area contributed by atoms with Gasteiger partial charge in [-0.1, -0.05) is 12.1 Å². The molecule has 2 aromatic carbocycles. The minimum atomic E-state index is -0.696. The molecule has 2 heterocycles. The topological polar surface area (TPSA) is 95.6 Å². The second-order valence-corrected chi connectivity index (χ2v) is 7.52. The quantitative estimate of drug-likeness (QED) is 0.756. The molecule has 7 nitrogen and oxygen atoms in total. The SMILES string of the molecule is CC(NC(=O)c1ccc2c(c1)CN(C1CCC(=O)NC1=O)C2=O)c1ccc(F)cc1. The Morgan fingerprint density at radius 2 is 1.90 bits per heavy atom. The first-order chi connectivity index (χ1) is 14.3. The molecule has 30 heavy (non-hydrogen) atoms. The lowest BCUT2D eigenvalue weighted by atomic mass is 10.0. The van der Waals surface area contributed by atoms with Crippen LogP contribution in [0.15, 0.2) is 42.5 Å². The average molecular weight is 409 g/mol. The van der Waals surface area contributed by atoms with E-state index in [1.165, 1.54) is 17.0 Å². The average Bonchev–Trinajstić information content (AvgIpc) is 3.04. The molecule has 2 aliphatic heterocycles. The van der Waals surface area contributed by atoms with Crippen molar-refractivity contribution in [2.45, 2.75) is 38.4 Å². The number of amides is 4. The van der Waals surface area contributed by atoms with Crippen molar-refractivity contribution in [3.05, 3.63) is 70.5 Å². The van der Waals surface area contributed by atoms with Crippen LogP contribution < -0.4 is 10.6 Å². The van der Waals surface area contributed by atoms with E-state index in [9.17, 15) is 23.6 Å². The van der Waals surface area contributed by atoms with E-state index >= 15 is 0 Å². The molecule has 2 unspecified atom stereocenters. The molecule has 0 saturated carbocycles. The summed E-state index contributed by atoms with van der Waals surface area (Å²) in [6.07, 6.45) is 0.471. The highest BCUT2D eigenvalue weighted by Crippen LogP contribution is 2.28. The van der Waals surface area contributed by atoms with Gasteiger partial charge in [0.2, 0.25) is 11.8 Å². The molecular weight excluding hydrogens is 389 g/mol. The number of halogens is 1. The largest absolute Gasteiger partial charge is 0.346 e. The van der Waals surface area contributed by atoms with Gasteiger partial charge in [0.25, 0.3) is 11.8 Å². The van der Waals surface area contributed by atoms with Crippen LogP contribution in [0, 0.1) is 5.82 Å². The molecule has 154 valence electrons. The zero-order chi connectivity index (χ0) is 21.4. The Morgan fingerprint density at radius 3 is 2.60 bits per heavy atom. The molecule has 0 aromatic heterocycles. The number of hydrogen-bond donors (Lipinski definition) is 2.